The molecule has 1 aliphatic rings. The molecule has 1 fully saturated rings. The standard InChI is InChI=1S/C16H14N2O3S2/c19-15-7-6-12-13(17-15)2-1-3-14(12)18-23(20,21)16-11(8-9-22-16)10-4-5-10/h1-3,6-10,18H,4-5H2,(H,17,19). The molecule has 0 bridgehead atoms. The van der Waals surface area contributed by atoms with Gasteiger partial charge in [-0.2, -0.15) is 0 Å². The lowest BCUT2D eigenvalue weighted by atomic mass is 10.2. The van der Waals surface area contributed by atoms with Gasteiger partial charge in [-0.25, -0.2) is 8.42 Å². The van der Waals surface area contributed by atoms with Gasteiger partial charge in [0.1, 0.15) is 4.21 Å². The maximum atomic E-state index is 12.8. The molecule has 2 N–H and O–H groups in total. The number of aromatic nitrogens is 1. The summed E-state index contributed by atoms with van der Waals surface area (Å²) in [6, 6.07) is 10.1. The Morgan fingerprint density at radius 2 is 1.96 bits per heavy atom. The van der Waals surface area contributed by atoms with E-state index in [-0.39, 0.29) is 5.56 Å². The Hall–Kier alpha value is -2.12. The Bertz CT molecular complexity index is 1050. The highest BCUT2D eigenvalue weighted by atomic mass is 32.2. The van der Waals surface area contributed by atoms with Crippen molar-refractivity contribution in [3.63, 3.8) is 0 Å². The maximum absolute atomic E-state index is 12.8. The minimum absolute atomic E-state index is 0.216. The average molecular weight is 346 g/mol. The zero-order chi connectivity index (χ0) is 16.0. The SMILES string of the molecule is O=c1ccc2c(NS(=O)(=O)c3sccc3C3CC3)cccc2[nH]1. The van der Waals surface area contributed by atoms with Crippen molar-refractivity contribution in [2.24, 2.45) is 0 Å². The Kier molecular flexibility index (Phi) is 3.28. The van der Waals surface area contributed by atoms with E-state index in [1.54, 1.807) is 24.3 Å². The number of nitrogens with one attached hydrogen (secondary N) is 2. The summed E-state index contributed by atoms with van der Waals surface area (Å²) >= 11 is 1.24. The van der Waals surface area contributed by atoms with Crippen LogP contribution in [0.4, 0.5) is 5.69 Å². The summed E-state index contributed by atoms with van der Waals surface area (Å²) in [6.07, 6.45) is 2.10. The van der Waals surface area contributed by atoms with Crippen LogP contribution in [0.5, 0.6) is 0 Å². The molecule has 1 aliphatic carbocycles. The monoisotopic (exact) mass is 346 g/mol. The molecule has 0 atom stereocenters. The van der Waals surface area contributed by atoms with Crippen molar-refractivity contribution in [1.29, 1.82) is 0 Å². The fraction of sp³-hybridized carbons (Fsp3) is 0.188. The second-order valence-electron chi connectivity index (χ2n) is 5.63. The van der Waals surface area contributed by atoms with Gasteiger partial charge in [-0.05, 0) is 54.0 Å². The second-order valence-corrected chi connectivity index (χ2v) is 8.43. The van der Waals surface area contributed by atoms with Gasteiger partial charge in [-0.15, -0.1) is 11.3 Å². The van der Waals surface area contributed by atoms with Gasteiger partial charge < -0.3 is 4.98 Å². The van der Waals surface area contributed by atoms with Crippen LogP contribution in [0.3, 0.4) is 0 Å². The summed E-state index contributed by atoms with van der Waals surface area (Å²) in [5.41, 5.74) is 1.77. The van der Waals surface area contributed by atoms with Crippen LogP contribution in [0, 0.1) is 0 Å². The molecule has 3 aromatic rings. The maximum Gasteiger partial charge on any atom is 0.271 e. The fourth-order valence-corrected chi connectivity index (χ4v) is 5.30. The molecular formula is C16H14N2O3S2. The smallest absolute Gasteiger partial charge is 0.271 e. The van der Waals surface area contributed by atoms with Gasteiger partial charge in [0.15, 0.2) is 0 Å². The number of fused-ring (bicyclic) bond motifs is 1. The number of hydrogen-bond acceptors (Lipinski definition) is 4. The highest BCUT2D eigenvalue weighted by Crippen LogP contribution is 2.45. The quantitative estimate of drug-likeness (QED) is 0.761. The molecule has 1 saturated carbocycles. The first-order valence-electron chi connectivity index (χ1n) is 7.27. The molecule has 7 heteroatoms. The van der Waals surface area contributed by atoms with Crippen LogP contribution in [0.25, 0.3) is 10.9 Å². The number of hydrogen-bond donors (Lipinski definition) is 2. The molecule has 0 amide bonds. The molecule has 23 heavy (non-hydrogen) atoms. The molecule has 1 aromatic carbocycles. The number of benzene rings is 1. The summed E-state index contributed by atoms with van der Waals surface area (Å²) < 4.78 is 28.6. The fourth-order valence-electron chi connectivity index (χ4n) is 2.69. The van der Waals surface area contributed by atoms with E-state index in [1.807, 2.05) is 11.4 Å². The van der Waals surface area contributed by atoms with E-state index in [9.17, 15) is 13.2 Å². The summed E-state index contributed by atoms with van der Waals surface area (Å²) in [7, 11) is -3.63. The zero-order valence-corrected chi connectivity index (χ0v) is 13.7. The summed E-state index contributed by atoms with van der Waals surface area (Å²) in [4.78, 5) is 14.1. The molecule has 118 valence electrons. The van der Waals surface area contributed by atoms with Crippen molar-refractivity contribution in [2.75, 3.05) is 4.72 Å². The molecule has 5 nitrogen and oxygen atoms in total. The lowest BCUT2D eigenvalue weighted by Gasteiger charge is -2.10. The van der Waals surface area contributed by atoms with Crippen LogP contribution in [-0.4, -0.2) is 13.4 Å². The highest BCUT2D eigenvalue weighted by molar-refractivity contribution is 7.94. The van der Waals surface area contributed by atoms with Crippen LogP contribution < -0.4 is 10.3 Å². The minimum Gasteiger partial charge on any atom is -0.322 e. The van der Waals surface area contributed by atoms with Gasteiger partial charge in [0.05, 0.1) is 11.2 Å². The van der Waals surface area contributed by atoms with E-state index in [0.717, 1.165) is 18.4 Å². The van der Waals surface area contributed by atoms with E-state index >= 15 is 0 Å². The molecule has 0 saturated heterocycles. The first kappa shape index (κ1) is 14.5. The first-order valence-corrected chi connectivity index (χ1v) is 9.63. The van der Waals surface area contributed by atoms with E-state index < -0.39 is 10.0 Å². The van der Waals surface area contributed by atoms with E-state index in [2.05, 4.69) is 9.71 Å². The van der Waals surface area contributed by atoms with Crippen LogP contribution in [0.2, 0.25) is 0 Å². The molecule has 2 aromatic heterocycles. The summed E-state index contributed by atoms with van der Waals surface area (Å²) in [5.74, 6) is 0.372. The van der Waals surface area contributed by atoms with Crippen LogP contribution >= 0.6 is 11.3 Å². The molecule has 0 radical (unpaired) electrons. The Labute approximate surface area is 137 Å². The Balaban J connectivity index is 1.77. The predicted molar refractivity (Wildman–Crippen MR) is 91.7 cm³/mol. The number of thiophene rings is 1. The van der Waals surface area contributed by atoms with Crippen LogP contribution in [0.1, 0.15) is 24.3 Å². The topological polar surface area (TPSA) is 79.0 Å². The number of sulfonamides is 1. The van der Waals surface area contributed by atoms with E-state index in [1.165, 1.54) is 17.4 Å². The van der Waals surface area contributed by atoms with Crippen molar-refractivity contribution < 1.29 is 8.42 Å². The number of anilines is 1. The summed E-state index contributed by atoms with van der Waals surface area (Å²) in [5, 5.41) is 2.49. The minimum atomic E-state index is -3.63. The number of aromatic amines is 1. The predicted octanol–water partition coefficient (Wildman–Crippen LogP) is 3.27. The third-order valence-electron chi connectivity index (χ3n) is 3.93. The molecule has 0 spiro atoms. The molecular weight excluding hydrogens is 332 g/mol. The lowest BCUT2D eigenvalue weighted by molar-refractivity contribution is 0.602. The van der Waals surface area contributed by atoms with Crippen molar-refractivity contribution in [2.45, 2.75) is 23.0 Å². The van der Waals surface area contributed by atoms with Gasteiger partial charge in [0.25, 0.3) is 10.0 Å². The second kappa shape index (κ2) is 5.21. The largest absolute Gasteiger partial charge is 0.322 e. The number of H-pyrrole nitrogens is 1. The summed E-state index contributed by atoms with van der Waals surface area (Å²) in [6.45, 7) is 0. The molecule has 0 unspecified atom stereocenters. The van der Waals surface area contributed by atoms with E-state index in [4.69, 9.17) is 0 Å². The van der Waals surface area contributed by atoms with Crippen molar-refractivity contribution in [1.82, 2.24) is 4.98 Å². The van der Waals surface area contributed by atoms with Gasteiger partial charge in [-0.3, -0.25) is 9.52 Å². The molecule has 2 heterocycles. The third-order valence-corrected chi connectivity index (χ3v) is 6.81. The van der Waals surface area contributed by atoms with Gasteiger partial charge in [0.2, 0.25) is 5.56 Å². The average Bonchev–Trinajstić information content (AvgIpc) is 3.23. The number of pyridine rings is 1. The van der Waals surface area contributed by atoms with Crippen molar-refractivity contribution in [3.05, 3.63) is 57.7 Å². The normalized spacial score (nSPS) is 15.0. The van der Waals surface area contributed by atoms with Crippen molar-refractivity contribution in [3.8, 4) is 0 Å². The van der Waals surface area contributed by atoms with E-state index in [0.29, 0.717) is 26.7 Å². The van der Waals surface area contributed by atoms with Gasteiger partial charge in [0, 0.05) is 11.5 Å². The lowest BCUT2D eigenvalue weighted by Crippen LogP contribution is -2.14. The third kappa shape index (κ3) is 2.66. The number of rotatable bonds is 4. The Morgan fingerprint density at radius 3 is 2.74 bits per heavy atom. The van der Waals surface area contributed by atoms with Crippen molar-refractivity contribution >= 4 is 38.0 Å². The van der Waals surface area contributed by atoms with Crippen LogP contribution in [-0.2, 0) is 10.0 Å². The van der Waals surface area contributed by atoms with Gasteiger partial charge in [-0.1, -0.05) is 6.07 Å². The van der Waals surface area contributed by atoms with Gasteiger partial charge >= 0.3 is 0 Å². The highest BCUT2D eigenvalue weighted by Gasteiger charge is 2.31. The zero-order valence-electron chi connectivity index (χ0n) is 12.1. The van der Waals surface area contributed by atoms with Crippen LogP contribution in [0.15, 0.2) is 50.8 Å². The first-order chi connectivity index (χ1) is 11.0. The molecule has 0 aliphatic heterocycles. The molecule has 4 rings (SSSR count). The Morgan fingerprint density at radius 1 is 1.13 bits per heavy atom.